The Hall–Kier alpha value is -2.55. The Labute approximate surface area is 159 Å². The second-order valence-electron chi connectivity index (χ2n) is 5.46. The van der Waals surface area contributed by atoms with Gasteiger partial charge in [0, 0.05) is 29.9 Å². The zero-order valence-electron chi connectivity index (χ0n) is 13.7. The molecule has 27 heavy (non-hydrogen) atoms. The minimum Gasteiger partial charge on any atom is -0.439 e. The Morgan fingerprint density at radius 1 is 1.07 bits per heavy atom. The molecule has 0 aliphatic carbocycles. The smallest absolute Gasteiger partial charge is 0.243 e. The van der Waals surface area contributed by atoms with Crippen molar-refractivity contribution in [3.63, 3.8) is 0 Å². The molecule has 3 aromatic rings. The molecule has 1 aromatic heterocycles. The van der Waals surface area contributed by atoms with Crippen LogP contribution in [0.15, 0.2) is 65.7 Å². The van der Waals surface area contributed by atoms with Crippen molar-refractivity contribution in [3.8, 4) is 11.6 Å². The van der Waals surface area contributed by atoms with Gasteiger partial charge in [0.25, 0.3) is 0 Å². The number of rotatable bonds is 6. The molecule has 3 rings (SSSR count). The molecule has 0 unspecified atom stereocenters. The summed E-state index contributed by atoms with van der Waals surface area (Å²) >= 11 is 5.63. The summed E-state index contributed by atoms with van der Waals surface area (Å²) in [4.78, 5) is 3.54. The van der Waals surface area contributed by atoms with Crippen molar-refractivity contribution in [2.24, 2.45) is 0 Å². The number of aromatic nitrogens is 1. The van der Waals surface area contributed by atoms with Gasteiger partial charge in [0.15, 0.2) is 0 Å². The van der Waals surface area contributed by atoms with Crippen molar-refractivity contribution in [2.45, 2.75) is 11.4 Å². The Bertz CT molecular complexity index is 1060. The number of halogens is 3. The summed E-state index contributed by atoms with van der Waals surface area (Å²) in [6.07, 6.45) is 1.40. The molecule has 2 aromatic carbocycles. The maximum atomic E-state index is 13.8. The van der Waals surface area contributed by atoms with Crippen LogP contribution in [0.5, 0.6) is 11.6 Å². The van der Waals surface area contributed by atoms with Crippen molar-refractivity contribution >= 4 is 21.6 Å². The van der Waals surface area contributed by atoms with E-state index in [0.29, 0.717) is 5.56 Å². The largest absolute Gasteiger partial charge is 0.439 e. The van der Waals surface area contributed by atoms with Crippen LogP contribution in [0.25, 0.3) is 0 Å². The minimum atomic E-state index is -4.05. The van der Waals surface area contributed by atoms with Gasteiger partial charge in [-0.15, -0.1) is 0 Å². The molecule has 0 aliphatic heterocycles. The number of hydrogen-bond donors (Lipinski definition) is 1. The fourth-order valence-corrected chi connectivity index (χ4v) is 3.41. The van der Waals surface area contributed by atoms with E-state index >= 15 is 0 Å². The quantitative estimate of drug-likeness (QED) is 0.658. The van der Waals surface area contributed by atoms with Crippen LogP contribution in [0.4, 0.5) is 8.78 Å². The average molecular weight is 411 g/mol. The normalized spacial score (nSPS) is 11.4. The number of nitrogens with zero attached hydrogens (tertiary/aromatic N) is 1. The van der Waals surface area contributed by atoms with Gasteiger partial charge in [0.05, 0.1) is 0 Å². The van der Waals surface area contributed by atoms with Gasteiger partial charge in [-0.3, -0.25) is 0 Å². The lowest BCUT2D eigenvalue weighted by atomic mass is 10.3. The molecule has 0 spiro atoms. The second-order valence-corrected chi connectivity index (χ2v) is 7.64. The van der Waals surface area contributed by atoms with Gasteiger partial charge in [0.1, 0.15) is 22.3 Å². The van der Waals surface area contributed by atoms with Crippen LogP contribution in [-0.2, 0) is 16.6 Å². The zero-order valence-corrected chi connectivity index (χ0v) is 15.3. The summed E-state index contributed by atoms with van der Waals surface area (Å²) in [5, 5.41) is 0.101. The van der Waals surface area contributed by atoms with Crippen LogP contribution in [-0.4, -0.2) is 13.4 Å². The maximum absolute atomic E-state index is 13.8. The molecule has 0 atom stereocenters. The number of hydrogen-bond acceptors (Lipinski definition) is 4. The Morgan fingerprint density at radius 2 is 1.89 bits per heavy atom. The molecule has 0 saturated heterocycles. The van der Waals surface area contributed by atoms with E-state index < -0.39 is 26.6 Å². The molecule has 0 fully saturated rings. The number of ether oxygens (including phenoxy) is 1. The Kier molecular flexibility index (Phi) is 5.69. The van der Waals surface area contributed by atoms with Crippen molar-refractivity contribution in [1.29, 1.82) is 0 Å². The first-order valence-electron chi connectivity index (χ1n) is 7.66. The van der Waals surface area contributed by atoms with Crippen molar-refractivity contribution in [1.82, 2.24) is 9.71 Å². The first-order chi connectivity index (χ1) is 12.8. The highest BCUT2D eigenvalue weighted by molar-refractivity contribution is 7.89. The third-order valence-electron chi connectivity index (χ3n) is 3.47. The number of benzene rings is 2. The highest BCUT2D eigenvalue weighted by Gasteiger charge is 2.19. The second kappa shape index (κ2) is 7.99. The third kappa shape index (κ3) is 5.00. The van der Waals surface area contributed by atoms with Crippen molar-refractivity contribution < 1.29 is 21.9 Å². The van der Waals surface area contributed by atoms with E-state index in [4.69, 9.17) is 16.3 Å². The SMILES string of the molecule is O=S(=O)(NCc1ccc(Oc2cccc(F)c2)nc1)c1ccc(Cl)cc1F. The molecule has 1 heterocycles. The van der Waals surface area contributed by atoms with E-state index in [1.54, 1.807) is 12.1 Å². The summed E-state index contributed by atoms with van der Waals surface area (Å²) < 4.78 is 59.0. The number of nitrogens with one attached hydrogen (secondary N) is 1. The molecule has 5 nitrogen and oxygen atoms in total. The lowest BCUT2D eigenvalue weighted by Gasteiger charge is -2.09. The molecule has 140 valence electrons. The van der Waals surface area contributed by atoms with E-state index in [2.05, 4.69) is 9.71 Å². The standard InChI is InChI=1S/C18H13ClF2N2O3S/c19-13-5-6-17(16(21)8-13)27(24,25)23-11-12-4-7-18(22-10-12)26-15-3-1-2-14(20)9-15/h1-10,23H,11H2. The molecule has 9 heteroatoms. The van der Waals surface area contributed by atoms with Crippen LogP contribution in [0.1, 0.15) is 5.56 Å². The zero-order chi connectivity index (χ0) is 19.4. The maximum Gasteiger partial charge on any atom is 0.243 e. The van der Waals surface area contributed by atoms with Crippen molar-refractivity contribution in [2.75, 3.05) is 0 Å². The molecule has 0 amide bonds. The van der Waals surface area contributed by atoms with Gasteiger partial charge in [-0.1, -0.05) is 23.7 Å². The Balaban J connectivity index is 1.66. The predicted octanol–water partition coefficient (Wildman–Crippen LogP) is 4.28. The first kappa shape index (κ1) is 19.2. The fourth-order valence-electron chi connectivity index (χ4n) is 2.18. The van der Waals surface area contributed by atoms with Crippen LogP contribution in [0.2, 0.25) is 5.02 Å². The summed E-state index contributed by atoms with van der Waals surface area (Å²) in [7, 11) is -4.05. The van der Waals surface area contributed by atoms with Crippen LogP contribution in [0, 0.1) is 11.6 Å². The summed E-state index contributed by atoms with van der Waals surface area (Å²) in [6, 6.07) is 12.0. The van der Waals surface area contributed by atoms with E-state index in [9.17, 15) is 17.2 Å². The van der Waals surface area contributed by atoms with Crippen molar-refractivity contribution in [3.05, 3.63) is 83.0 Å². The molecule has 0 aliphatic rings. The first-order valence-corrected chi connectivity index (χ1v) is 9.53. The van der Waals surface area contributed by atoms with Gasteiger partial charge in [0.2, 0.25) is 15.9 Å². The lowest BCUT2D eigenvalue weighted by molar-refractivity contribution is 0.457. The minimum absolute atomic E-state index is 0.0996. The van der Waals surface area contributed by atoms with Crippen LogP contribution < -0.4 is 9.46 Å². The fraction of sp³-hybridized carbons (Fsp3) is 0.0556. The summed E-state index contributed by atoms with van der Waals surface area (Å²) in [6.45, 7) is -0.0996. The predicted molar refractivity (Wildman–Crippen MR) is 96.1 cm³/mol. The van der Waals surface area contributed by atoms with Gasteiger partial charge in [-0.05, 0) is 35.9 Å². The average Bonchev–Trinajstić information content (AvgIpc) is 2.61. The van der Waals surface area contributed by atoms with E-state index in [1.807, 2.05) is 0 Å². The molecular weight excluding hydrogens is 398 g/mol. The van der Waals surface area contributed by atoms with E-state index in [0.717, 1.165) is 12.1 Å². The van der Waals surface area contributed by atoms with E-state index in [-0.39, 0.29) is 23.2 Å². The van der Waals surface area contributed by atoms with Gasteiger partial charge in [-0.2, -0.15) is 0 Å². The number of pyridine rings is 1. The molecule has 0 saturated carbocycles. The van der Waals surface area contributed by atoms with Crippen LogP contribution in [0.3, 0.4) is 0 Å². The molecule has 0 bridgehead atoms. The summed E-state index contributed by atoms with van der Waals surface area (Å²) in [5.41, 5.74) is 0.527. The molecule has 0 radical (unpaired) electrons. The van der Waals surface area contributed by atoms with Gasteiger partial charge >= 0.3 is 0 Å². The van der Waals surface area contributed by atoms with Crippen LogP contribution >= 0.6 is 11.6 Å². The number of sulfonamides is 1. The molecule has 1 N–H and O–H groups in total. The van der Waals surface area contributed by atoms with Gasteiger partial charge < -0.3 is 4.74 Å². The monoisotopic (exact) mass is 410 g/mol. The van der Waals surface area contributed by atoms with Gasteiger partial charge in [-0.25, -0.2) is 26.9 Å². The van der Waals surface area contributed by atoms with E-state index in [1.165, 1.54) is 36.5 Å². The molecular formula is C18H13ClF2N2O3S. The third-order valence-corrected chi connectivity index (χ3v) is 5.14. The Morgan fingerprint density at radius 3 is 2.56 bits per heavy atom. The summed E-state index contributed by atoms with van der Waals surface area (Å²) in [5.74, 6) is -0.870. The highest BCUT2D eigenvalue weighted by atomic mass is 35.5. The highest BCUT2D eigenvalue weighted by Crippen LogP contribution is 2.21. The topological polar surface area (TPSA) is 68.3 Å². The lowest BCUT2D eigenvalue weighted by Crippen LogP contribution is -2.24.